The van der Waals surface area contributed by atoms with E-state index in [2.05, 4.69) is 13.8 Å². The predicted octanol–water partition coefficient (Wildman–Crippen LogP) is 4.67. The third-order valence-electron chi connectivity index (χ3n) is 3.69. The van der Waals surface area contributed by atoms with Gasteiger partial charge in [0.1, 0.15) is 10.6 Å². The molecule has 0 saturated carbocycles. The summed E-state index contributed by atoms with van der Waals surface area (Å²) >= 11 is 0. The van der Waals surface area contributed by atoms with E-state index in [1.54, 1.807) is 36.4 Å². The first kappa shape index (κ1) is 16.6. The van der Waals surface area contributed by atoms with Crippen LogP contribution in [-0.4, -0.2) is 8.42 Å². The van der Waals surface area contributed by atoms with Crippen LogP contribution in [0.15, 0.2) is 53.4 Å². The Morgan fingerprint density at radius 1 is 1.00 bits per heavy atom. The molecule has 0 aromatic heterocycles. The van der Waals surface area contributed by atoms with E-state index in [0.717, 1.165) is 18.4 Å². The summed E-state index contributed by atoms with van der Waals surface area (Å²) in [6, 6.07) is 13.9. The molecule has 0 aliphatic heterocycles. The standard InChI is InChI=1S/C18H22O3S/c1-4-5-15(3)16-8-10-17(11-9-16)21-22(19,20)18-12-6-14(2)7-13-18/h6-13,15H,4-5H2,1-3H3. The van der Waals surface area contributed by atoms with E-state index < -0.39 is 10.1 Å². The second kappa shape index (κ2) is 6.97. The highest BCUT2D eigenvalue weighted by molar-refractivity contribution is 7.87. The SMILES string of the molecule is CCCC(C)c1ccc(OS(=O)(=O)c2ccc(C)cc2)cc1. The number of aryl methyl sites for hydroxylation is 1. The summed E-state index contributed by atoms with van der Waals surface area (Å²) in [5.74, 6) is 0.806. The molecule has 22 heavy (non-hydrogen) atoms. The molecule has 0 heterocycles. The van der Waals surface area contributed by atoms with Crippen LogP contribution in [0.2, 0.25) is 0 Å². The highest BCUT2D eigenvalue weighted by Crippen LogP contribution is 2.24. The van der Waals surface area contributed by atoms with Gasteiger partial charge in [-0.3, -0.25) is 0 Å². The van der Waals surface area contributed by atoms with E-state index in [0.29, 0.717) is 11.7 Å². The summed E-state index contributed by atoms with van der Waals surface area (Å²) in [6.45, 7) is 6.23. The predicted molar refractivity (Wildman–Crippen MR) is 88.8 cm³/mol. The highest BCUT2D eigenvalue weighted by Gasteiger charge is 2.16. The van der Waals surface area contributed by atoms with E-state index in [1.807, 2.05) is 19.1 Å². The van der Waals surface area contributed by atoms with E-state index in [1.165, 1.54) is 5.56 Å². The molecule has 0 spiro atoms. The Labute approximate surface area is 133 Å². The Bertz CT molecular complexity index is 701. The lowest BCUT2D eigenvalue weighted by Gasteiger charge is -2.12. The van der Waals surface area contributed by atoms with Crippen LogP contribution in [0.4, 0.5) is 0 Å². The van der Waals surface area contributed by atoms with Gasteiger partial charge in [-0.25, -0.2) is 0 Å². The number of hydrogen-bond acceptors (Lipinski definition) is 3. The molecule has 0 bridgehead atoms. The van der Waals surface area contributed by atoms with Gasteiger partial charge in [0.25, 0.3) is 0 Å². The third kappa shape index (κ3) is 4.10. The molecule has 0 radical (unpaired) electrons. The quantitative estimate of drug-likeness (QED) is 0.727. The minimum atomic E-state index is -3.77. The van der Waals surface area contributed by atoms with Gasteiger partial charge in [0.2, 0.25) is 0 Å². The van der Waals surface area contributed by atoms with Gasteiger partial charge in [0.15, 0.2) is 0 Å². The van der Waals surface area contributed by atoms with Gasteiger partial charge in [-0.2, -0.15) is 8.42 Å². The summed E-state index contributed by atoms with van der Waals surface area (Å²) in [4.78, 5) is 0.168. The van der Waals surface area contributed by atoms with E-state index >= 15 is 0 Å². The second-order valence-electron chi connectivity index (χ2n) is 5.61. The number of hydrogen-bond donors (Lipinski definition) is 0. The average molecular weight is 318 g/mol. The van der Waals surface area contributed by atoms with Crippen LogP contribution >= 0.6 is 0 Å². The Hall–Kier alpha value is -1.81. The topological polar surface area (TPSA) is 43.4 Å². The monoisotopic (exact) mass is 318 g/mol. The molecule has 1 atom stereocenters. The van der Waals surface area contributed by atoms with Crippen molar-refractivity contribution in [3.63, 3.8) is 0 Å². The average Bonchev–Trinajstić information content (AvgIpc) is 2.48. The number of benzene rings is 2. The summed E-state index contributed by atoms with van der Waals surface area (Å²) < 4.78 is 29.6. The lowest BCUT2D eigenvalue weighted by Crippen LogP contribution is -2.09. The first-order valence-electron chi connectivity index (χ1n) is 7.53. The zero-order valence-corrected chi connectivity index (χ0v) is 14.1. The first-order chi connectivity index (χ1) is 10.4. The third-order valence-corrected chi connectivity index (χ3v) is 4.95. The van der Waals surface area contributed by atoms with Crippen LogP contribution in [-0.2, 0) is 10.1 Å². The Morgan fingerprint density at radius 3 is 2.14 bits per heavy atom. The summed E-state index contributed by atoms with van der Waals surface area (Å²) in [5, 5.41) is 0. The van der Waals surface area contributed by atoms with E-state index in [4.69, 9.17) is 4.18 Å². The van der Waals surface area contributed by atoms with Crippen LogP contribution in [0.5, 0.6) is 5.75 Å². The van der Waals surface area contributed by atoms with E-state index in [9.17, 15) is 8.42 Å². The van der Waals surface area contributed by atoms with Crippen molar-refractivity contribution < 1.29 is 12.6 Å². The van der Waals surface area contributed by atoms with Gasteiger partial charge in [-0.05, 0) is 49.1 Å². The van der Waals surface area contributed by atoms with Gasteiger partial charge in [0.05, 0.1) is 0 Å². The summed E-state index contributed by atoms with van der Waals surface area (Å²) in [7, 11) is -3.77. The maximum Gasteiger partial charge on any atom is 0.339 e. The maximum atomic E-state index is 12.2. The highest BCUT2D eigenvalue weighted by atomic mass is 32.2. The fraction of sp³-hybridized carbons (Fsp3) is 0.333. The van der Waals surface area contributed by atoms with Crippen LogP contribution < -0.4 is 4.18 Å². The first-order valence-corrected chi connectivity index (χ1v) is 8.94. The lowest BCUT2D eigenvalue weighted by atomic mass is 9.97. The fourth-order valence-corrected chi connectivity index (χ4v) is 3.26. The molecule has 1 unspecified atom stereocenters. The fourth-order valence-electron chi connectivity index (χ4n) is 2.33. The molecule has 3 nitrogen and oxygen atoms in total. The van der Waals surface area contributed by atoms with Crippen LogP contribution in [0.1, 0.15) is 43.7 Å². The molecule has 0 saturated heterocycles. The zero-order valence-electron chi connectivity index (χ0n) is 13.2. The van der Waals surface area contributed by atoms with Crippen molar-refractivity contribution in [3.05, 3.63) is 59.7 Å². The molecule has 0 aliphatic rings. The minimum absolute atomic E-state index is 0.168. The molecule has 2 rings (SSSR count). The summed E-state index contributed by atoms with van der Waals surface area (Å²) in [6.07, 6.45) is 2.24. The molecule has 2 aromatic rings. The normalized spacial score (nSPS) is 12.9. The Morgan fingerprint density at radius 2 is 1.59 bits per heavy atom. The molecule has 118 valence electrons. The molecular weight excluding hydrogens is 296 g/mol. The minimum Gasteiger partial charge on any atom is -0.379 e. The van der Waals surface area contributed by atoms with Crippen molar-refractivity contribution in [1.82, 2.24) is 0 Å². The van der Waals surface area contributed by atoms with E-state index in [-0.39, 0.29) is 4.90 Å². The van der Waals surface area contributed by atoms with Gasteiger partial charge >= 0.3 is 10.1 Å². The Kier molecular flexibility index (Phi) is 5.24. The smallest absolute Gasteiger partial charge is 0.339 e. The molecule has 2 aromatic carbocycles. The zero-order chi connectivity index (χ0) is 16.2. The molecule has 0 N–H and O–H groups in total. The molecule has 0 amide bonds. The molecule has 4 heteroatoms. The van der Waals surface area contributed by atoms with Crippen LogP contribution in [0, 0.1) is 6.92 Å². The lowest BCUT2D eigenvalue weighted by molar-refractivity contribution is 0.486. The molecular formula is C18H22O3S. The van der Waals surface area contributed by atoms with Gasteiger partial charge in [-0.15, -0.1) is 0 Å². The van der Waals surface area contributed by atoms with Crippen molar-refractivity contribution in [1.29, 1.82) is 0 Å². The molecule has 0 fully saturated rings. The van der Waals surface area contributed by atoms with Crippen LogP contribution in [0.3, 0.4) is 0 Å². The summed E-state index contributed by atoms with van der Waals surface area (Å²) in [5.41, 5.74) is 2.20. The van der Waals surface area contributed by atoms with Gasteiger partial charge < -0.3 is 4.18 Å². The molecule has 0 aliphatic carbocycles. The van der Waals surface area contributed by atoms with Gasteiger partial charge in [0, 0.05) is 0 Å². The largest absolute Gasteiger partial charge is 0.379 e. The van der Waals surface area contributed by atoms with Gasteiger partial charge in [-0.1, -0.05) is 50.1 Å². The van der Waals surface area contributed by atoms with Crippen molar-refractivity contribution in [2.75, 3.05) is 0 Å². The Balaban J connectivity index is 2.14. The maximum absolute atomic E-state index is 12.2. The van der Waals surface area contributed by atoms with Crippen molar-refractivity contribution in [2.24, 2.45) is 0 Å². The van der Waals surface area contributed by atoms with Crippen molar-refractivity contribution >= 4 is 10.1 Å². The number of rotatable bonds is 6. The second-order valence-corrected chi connectivity index (χ2v) is 7.16. The van der Waals surface area contributed by atoms with Crippen LogP contribution in [0.25, 0.3) is 0 Å². The van der Waals surface area contributed by atoms with Crippen molar-refractivity contribution in [2.45, 2.75) is 44.4 Å². The van der Waals surface area contributed by atoms with Crippen molar-refractivity contribution in [3.8, 4) is 5.75 Å².